The van der Waals surface area contributed by atoms with E-state index in [1.165, 1.54) is 7.11 Å². The molecular weight excluding hydrogens is 292 g/mol. The van der Waals surface area contributed by atoms with Gasteiger partial charge in [0.15, 0.2) is 10.9 Å². The van der Waals surface area contributed by atoms with E-state index in [9.17, 15) is 0 Å². The zero-order chi connectivity index (χ0) is 14.8. The van der Waals surface area contributed by atoms with E-state index in [2.05, 4.69) is 10.2 Å². The molecule has 1 aliphatic rings. The average Bonchev–Trinajstić information content (AvgIpc) is 3.33. The molecule has 0 spiro atoms. The van der Waals surface area contributed by atoms with E-state index < -0.39 is 0 Å². The second-order valence-electron chi connectivity index (χ2n) is 4.79. The number of nitrogens with zero attached hydrogens (tertiary/aromatic N) is 2. The molecule has 3 rings (SSSR count). The Balaban J connectivity index is 1.98. The molecule has 0 amide bonds. The molecule has 21 heavy (non-hydrogen) atoms. The van der Waals surface area contributed by atoms with Crippen LogP contribution in [-0.2, 0) is 0 Å². The van der Waals surface area contributed by atoms with Crippen LogP contribution in [0.15, 0.2) is 24.3 Å². The highest BCUT2D eigenvalue weighted by Gasteiger charge is 2.30. The molecule has 1 aromatic carbocycles. The van der Waals surface area contributed by atoms with Crippen molar-refractivity contribution in [3.05, 3.63) is 35.0 Å². The van der Waals surface area contributed by atoms with Crippen LogP contribution in [0.2, 0.25) is 5.15 Å². The van der Waals surface area contributed by atoms with Gasteiger partial charge in [0.1, 0.15) is 11.5 Å². The number of ether oxygens (including phenoxy) is 3. The third-order valence-corrected chi connectivity index (χ3v) is 3.54. The van der Waals surface area contributed by atoms with Crippen molar-refractivity contribution in [1.29, 1.82) is 0 Å². The Hall–Kier alpha value is -2.01. The maximum atomic E-state index is 5.89. The molecule has 5 nitrogen and oxygen atoms in total. The zero-order valence-corrected chi connectivity index (χ0v) is 12.6. The predicted octanol–water partition coefficient (Wildman–Crippen LogP) is 3.82. The first-order valence-electron chi connectivity index (χ1n) is 6.65. The highest BCUT2D eigenvalue weighted by molar-refractivity contribution is 6.29. The Morgan fingerprint density at radius 2 is 1.76 bits per heavy atom. The number of halogens is 1. The van der Waals surface area contributed by atoms with Crippen LogP contribution in [0.3, 0.4) is 0 Å². The number of benzene rings is 1. The summed E-state index contributed by atoms with van der Waals surface area (Å²) < 4.78 is 16.6. The van der Waals surface area contributed by atoms with Gasteiger partial charge in [0, 0.05) is 11.6 Å². The molecule has 2 aromatic rings. The van der Waals surface area contributed by atoms with E-state index in [0.29, 0.717) is 17.4 Å². The molecule has 1 aliphatic carbocycles. The van der Waals surface area contributed by atoms with E-state index in [1.807, 2.05) is 18.2 Å². The van der Waals surface area contributed by atoms with Crippen molar-refractivity contribution in [3.8, 4) is 23.1 Å². The van der Waals surface area contributed by atoms with Gasteiger partial charge in [-0.05, 0) is 30.9 Å². The van der Waals surface area contributed by atoms with E-state index in [4.69, 9.17) is 25.8 Å². The molecule has 1 aromatic heterocycles. The van der Waals surface area contributed by atoms with Crippen LogP contribution in [0.1, 0.15) is 24.3 Å². The van der Waals surface area contributed by atoms with Gasteiger partial charge in [-0.1, -0.05) is 17.7 Å². The summed E-state index contributed by atoms with van der Waals surface area (Å²) in [5, 5.41) is 8.00. The molecule has 0 bridgehead atoms. The van der Waals surface area contributed by atoms with Gasteiger partial charge in [-0.3, -0.25) is 0 Å². The quantitative estimate of drug-likeness (QED) is 0.840. The Bertz CT molecular complexity index is 659. The number of hydrogen-bond donors (Lipinski definition) is 0. The van der Waals surface area contributed by atoms with E-state index >= 15 is 0 Å². The Kier molecular flexibility index (Phi) is 3.84. The topological polar surface area (TPSA) is 53.5 Å². The summed E-state index contributed by atoms with van der Waals surface area (Å²) in [5.74, 6) is 2.75. The van der Waals surface area contributed by atoms with Crippen molar-refractivity contribution in [2.24, 2.45) is 0 Å². The third-order valence-electron chi connectivity index (χ3n) is 3.36. The molecule has 1 fully saturated rings. The fourth-order valence-corrected chi connectivity index (χ4v) is 2.36. The summed E-state index contributed by atoms with van der Waals surface area (Å²) in [6.45, 7) is 0. The lowest BCUT2D eigenvalue weighted by atomic mass is 10.1. The fourth-order valence-electron chi connectivity index (χ4n) is 2.23. The molecule has 0 saturated heterocycles. The minimum absolute atomic E-state index is 0.257. The molecule has 0 unspecified atom stereocenters. The van der Waals surface area contributed by atoms with Crippen LogP contribution in [0.4, 0.5) is 0 Å². The maximum Gasteiger partial charge on any atom is 0.281 e. The molecule has 110 valence electrons. The smallest absolute Gasteiger partial charge is 0.281 e. The number of methoxy groups -OCH3 is 2. The van der Waals surface area contributed by atoms with Crippen LogP contribution in [-0.4, -0.2) is 24.4 Å². The van der Waals surface area contributed by atoms with Crippen LogP contribution in [0, 0.1) is 0 Å². The molecule has 1 saturated carbocycles. The van der Waals surface area contributed by atoms with Crippen molar-refractivity contribution in [2.75, 3.05) is 14.2 Å². The van der Waals surface area contributed by atoms with Gasteiger partial charge in [-0.15, -0.1) is 10.2 Å². The normalized spacial score (nSPS) is 13.9. The Morgan fingerprint density at radius 1 is 1.05 bits per heavy atom. The average molecular weight is 307 g/mol. The zero-order valence-electron chi connectivity index (χ0n) is 11.8. The second-order valence-corrected chi connectivity index (χ2v) is 5.18. The lowest BCUT2D eigenvalue weighted by molar-refractivity contribution is 0.360. The van der Waals surface area contributed by atoms with Crippen molar-refractivity contribution in [1.82, 2.24) is 10.2 Å². The monoisotopic (exact) mass is 306 g/mol. The summed E-state index contributed by atoms with van der Waals surface area (Å²) in [4.78, 5) is 0. The first-order valence-corrected chi connectivity index (χ1v) is 7.02. The van der Waals surface area contributed by atoms with E-state index in [-0.39, 0.29) is 11.0 Å². The van der Waals surface area contributed by atoms with Crippen LogP contribution in [0.5, 0.6) is 23.1 Å². The minimum Gasteiger partial charge on any atom is -0.496 e. The van der Waals surface area contributed by atoms with Gasteiger partial charge in [0.05, 0.1) is 14.2 Å². The number of aromatic nitrogens is 2. The fraction of sp³-hybridized carbons (Fsp3) is 0.333. The third kappa shape index (κ3) is 2.88. The summed E-state index contributed by atoms with van der Waals surface area (Å²) in [5.41, 5.74) is 1.07. The van der Waals surface area contributed by atoms with E-state index in [0.717, 1.165) is 24.2 Å². The summed E-state index contributed by atoms with van der Waals surface area (Å²) >= 11 is 5.81. The highest BCUT2D eigenvalue weighted by Crippen LogP contribution is 2.49. The summed E-state index contributed by atoms with van der Waals surface area (Å²) in [6, 6.07) is 7.29. The van der Waals surface area contributed by atoms with Gasteiger partial charge in [0.2, 0.25) is 0 Å². The molecule has 1 heterocycles. The standard InChI is InChI=1S/C15H15ClN2O3/c1-19-10-4-3-5-11(14(10)9-6-7-9)21-15-12(20-2)8-13(16)17-18-15/h3-5,8-9H,6-7H2,1-2H3. The summed E-state index contributed by atoms with van der Waals surface area (Å²) in [6.07, 6.45) is 2.28. The number of rotatable bonds is 5. The van der Waals surface area contributed by atoms with E-state index in [1.54, 1.807) is 13.2 Å². The van der Waals surface area contributed by atoms with Crippen molar-refractivity contribution < 1.29 is 14.2 Å². The van der Waals surface area contributed by atoms with Crippen LogP contribution < -0.4 is 14.2 Å². The van der Waals surface area contributed by atoms with Crippen molar-refractivity contribution in [3.63, 3.8) is 0 Å². The van der Waals surface area contributed by atoms with Gasteiger partial charge >= 0.3 is 0 Å². The lowest BCUT2D eigenvalue weighted by Gasteiger charge is -2.14. The Labute approximate surface area is 127 Å². The second kappa shape index (κ2) is 5.77. The predicted molar refractivity (Wildman–Crippen MR) is 78.6 cm³/mol. The van der Waals surface area contributed by atoms with Gasteiger partial charge in [0.25, 0.3) is 5.88 Å². The lowest BCUT2D eigenvalue weighted by Crippen LogP contribution is -1.99. The molecule has 0 atom stereocenters. The highest BCUT2D eigenvalue weighted by atomic mass is 35.5. The number of hydrogen-bond acceptors (Lipinski definition) is 5. The molecule has 0 aliphatic heterocycles. The first-order chi connectivity index (χ1) is 10.2. The minimum atomic E-state index is 0.257. The molecule has 0 radical (unpaired) electrons. The molecule has 6 heteroatoms. The van der Waals surface area contributed by atoms with Crippen LogP contribution >= 0.6 is 11.6 Å². The SMILES string of the molecule is COc1cc(Cl)nnc1Oc1cccc(OC)c1C1CC1. The van der Waals surface area contributed by atoms with Crippen molar-refractivity contribution in [2.45, 2.75) is 18.8 Å². The largest absolute Gasteiger partial charge is 0.496 e. The first kappa shape index (κ1) is 13.9. The summed E-state index contributed by atoms with van der Waals surface area (Å²) in [7, 11) is 3.20. The van der Waals surface area contributed by atoms with Crippen molar-refractivity contribution >= 4 is 11.6 Å². The van der Waals surface area contributed by atoms with Gasteiger partial charge < -0.3 is 14.2 Å². The maximum absolute atomic E-state index is 5.89. The van der Waals surface area contributed by atoms with Crippen LogP contribution in [0.25, 0.3) is 0 Å². The molecular formula is C15H15ClN2O3. The van der Waals surface area contributed by atoms with Gasteiger partial charge in [-0.2, -0.15) is 0 Å². The van der Waals surface area contributed by atoms with Gasteiger partial charge in [-0.25, -0.2) is 0 Å². The molecule has 0 N–H and O–H groups in total. The Morgan fingerprint density at radius 3 is 2.43 bits per heavy atom.